The summed E-state index contributed by atoms with van der Waals surface area (Å²) in [6.45, 7) is 3.21. The van der Waals surface area contributed by atoms with Gasteiger partial charge in [-0.3, -0.25) is 0 Å². The maximum atomic E-state index is 12.3. The first-order valence-electron chi connectivity index (χ1n) is 5.29. The van der Waals surface area contributed by atoms with E-state index in [1.165, 1.54) is 0 Å². The molecule has 2 rings (SSSR count). The number of nitrogens with zero attached hydrogens (tertiary/aromatic N) is 4. The molecule has 1 aliphatic rings. The average Bonchev–Trinajstić information content (AvgIpc) is 2.29. The number of anilines is 1. The Bertz CT molecular complexity index is 368. The quantitative estimate of drug-likeness (QED) is 0.746. The summed E-state index contributed by atoms with van der Waals surface area (Å²) in [4.78, 5) is 11.6. The molecule has 1 aliphatic heterocycles. The first kappa shape index (κ1) is 12.1. The lowest BCUT2D eigenvalue weighted by atomic mass is 10.3. The van der Waals surface area contributed by atoms with Gasteiger partial charge in [-0.2, -0.15) is 13.2 Å². The Morgan fingerprint density at radius 2 is 1.59 bits per heavy atom. The van der Waals surface area contributed by atoms with E-state index in [-0.39, 0.29) is 0 Å². The number of halogens is 3. The highest BCUT2D eigenvalue weighted by Crippen LogP contribution is 2.28. The van der Waals surface area contributed by atoms with E-state index in [1.54, 1.807) is 0 Å². The normalized spacial score (nSPS) is 18.5. The first-order valence-corrected chi connectivity index (χ1v) is 5.29. The molecule has 17 heavy (non-hydrogen) atoms. The van der Waals surface area contributed by atoms with Crippen molar-refractivity contribution in [3.05, 3.63) is 18.0 Å². The Labute approximate surface area is 97.1 Å². The van der Waals surface area contributed by atoms with Crippen molar-refractivity contribution in [3.8, 4) is 0 Å². The van der Waals surface area contributed by atoms with Crippen molar-refractivity contribution in [2.24, 2.45) is 0 Å². The second-order valence-electron chi connectivity index (χ2n) is 4.06. The standard InChI is InChI=1S/C10H13F3N4/c1-16-2-4-17(5-3-16)9-14-6-8(7-15-9)10(11,12)13/h6-7H,2-5H2,1H3. The zero-order valence-corrected chi connectivity index (χ0v) is 9.41. The fourth-order valence-corrected chi connectivity index (χ4v) is 1.64. The second kappa shape index (κ2) is 4.48. The van der Waals surface area contributed by atoms with Gasteiger partial charge in [0.25, 0.3) is 0 Å². The van der Waals surface area contributed by atoms with E-state index < -0.39 is 11.7 Å². The average molecular weight is 246 g/mol. The van der Waals surface area contributed by atoms with Crippen LogP contribution in [0.4, 0.5) is 19.1 Å². The number of aromatic nitrogens is 2. The van der Waals surface area contributed by atoms with E-state index in [0.29, 0.717) is 5.95 Å². The van der Waals surface area contributed by atoms with Gasteiger partial charge in [0.15, 0.2) is 0 Å². The van der Waals surface area contributed by atoms with Crippen LogP contribution in [0.2, 0.25) is 0 Å². The lowest BCUT2D eigenvalue weighted by Gasteiger charge is -2.32. The number of hydrogen-bond donors (Lipinski definition) is 0. The molecule has 0 bridgehead atoms. The summed E-state index contributed by atoms with van der Waals surface area (Å²) < 4.78 is 36.9. The van der Waals surface area contributed by atoms with Crippen LogP contribution in [0.5, 0.6) is 0 Å². The molecule has 7 heteroatoms. The predicted molar refractivity (Wildman–Crippen MR) is 56.7 cm³/mol. The Morgan fingerprint density at radius 1 is 1.06 bits per heavy atom. The molecule has 1 aromatic heterocycles. The molecular weight excluding hydrogens is 233 g/mol. The maximum Gasteiger partial charge on any atom is 0.419 e. The van der Waals surface area contributed by atoms with Crippen LogP contribution in [0.3, 0.4) is 0 Å². The van der Waals surface area contributed by atoms with Gasteiger partial charge in [-0.15, -0.1) is 0 Å². The van der Waals surface area contributed by atoms with E-state index in [4.69, 9.17) is 0 Å². The summed E-state index contributed by atoms with van der Waals surface area (Å²) in [6, 6.07) is 0. The molecule has 1 aromatic rings. The Kier molecular flexibility index (Phi) is 3.19. The SMILES string of the molecule is CN1CCN(c2ncc(C(F)(F)F)cn2)CC1. The summed E-state index contributed by atoms with van der Waals surface area (Å²) >= 11 is 0. The Hall–Kier alpha value is -1.37. The van der Waals surface area contributed by atoms with Crippen molar-refractivity contribution in [2.75, 3.05) is 38.1 Å². The minimum Gasteiger partial charge on any atom is -0.338 e. The molecule has 0 unspecified atom stereocenters. The van der Waals surface area contributed by atoms with E-state index >= 15 is 0 Å². The first-order chi connectivity index (χ1) is 7.97. The fourth-order valence-electron chi connectivity index (χ4n) is 1.64. The molecular formula is C10H13F3N4. The number of hydrogen-bond acceptors (Lipinski definition) is 4. The lowest BCUT2D eigenvalue weighted by Crippen LogP contribution is -2.45. The van der Waals surface area contributed by atoms with Crippen molar-refractivity contribution in [1.82, 2.24) is 14.9 Å². The van der Waals surface area contributed by atoms with E-state index in [2.05, 4.69) is 14.9 Å². The van der Waals surface area contributed by atoms with Gasteiger partial charge in [0.05, 0.1) is 5.56 Å². The monoisotopic (exact) mass is 246 g/mol. The van der Waals surface area contributed by atoms with Gasteiger partial charge in [0.1, 0.15) is 0 Å². The zero-order valence-electron chi connectivity index (χ0n) is 9.41. The van der Waals surface area contributed by atoms with E-state index in [9.17, 15) is 13.2 Å². The molecule has 2 heterocycles. The number of rotatable bonds is 1. The van der Waals surface area contributed by atoms with Gasteiger partial charge in [-0.25, -0.2) is 9.97 Å². The van der Waals surface area contributed by atoms with Gasteiger partial charge in [0, 0.05) is 38.6 Å². The summed E-state index contributed by atoms with van der Waals surface area (Å²) in [5.41, 5.74) is -0.810. The molecule has 0 amide bonds. The third kappa shape index (κ3) is 2.85. The third-order valence-corrected chi connectivity index (χ3v) is 2.75. The Balaban J connectivity index is 2.08. The molecule has 0 N–H and O–H groups in total. The second-order valence-corrected chi connectivity index (χ2v) is 4.06. The van der Waals surface area contributed by atoms with Gasteiger partial charge in [-0.05, 0) is 7.05 Å². The van der Waals surface area contributed by atoms with E-state index in [0.717, 1.165) is 38.6 Å². The van der Waals surface area contributed by atoms with Crippen molar-refractivity contribution < 1.29 is 13.2 Å². The van der Waals surface area contributed by atoms with Crippen LogP contribution < -0.4 is 4.90 Å². The number of piperazine rings is 1. The van der Waals surface area contributed by atoms with Crippen molar-refractivity contribution in [1.29, 1.82) is 0 Å². The summed E-state index contributed by atoms with van der Waals surface area (Å²) in [6.07, 6.45) is -2.71. The summed E-state index contributed by atoms with van der Waals surface area (Å²) in [5, 5.41) is 0. The van der Waals surface area contributed by atoms with Crippen LogP contribution in [-0.4, -0.2) is 48.1 Å². The van der Waals surface area contributed by atoms with Crippen LogP contribution in [0.15, 0.2) is 12.4 Å². The van der Waals surface area contributed by atoms with Gasteiger partial charge < -0.3 is 9.80 Å². The smallest absolute Gasteiger partial charge is 0.338 e. The lowest BCUT2D eigenvalue weighted by molar-refractivity contribution is -0.138. The van der Waals surface area contributed by atoms with Crippen molar-refractivity contribution in [3.63, 3.8) is 0 Å². The van der Waals surface area contributed by atoms with E-state index in [1.807, 2.05) is 11.9 Å². The van der Waals surface area contributed by atoms with Crippen LogP contribution in [0.25, 0.3) is 0 Å². The van der Waals surface area contributed by atoms with Crippen molar-refractivity contribution >= 4 is 5.95 Å². The highest BCUT2D eigenvalue weighted by atomic mass is 19.4. The fraction of sp³-hybridized carbons (Fsp3) is 0.600. The minimum absolute atomic E-state index is 0.367. The molecule has 0 aromatic carbocycles. The van der Waals surface area contributed by atoms with Crippen molar-refractivity contribution in [2.45, 2.75) is 6.18 Å². The number of alkyl halides is 3. The zero-order chi connectivity index (χ0) is 12.5. The number of likely N-dealkylation sites (N-methyl/N-ethyl adjacent to an activating group) is 1. The summed E-state index contributed by atoms with van der Waals surface area (Å²) in [5.74, 6) is 0.367. The van der Waals surface area contributed by atoms with Crippen LogP contribution in [0.1, 0.15) is 5.56 Å². The molecule has 0 aliphatic carbocycles. The topological polar surface area (TPSA) is 32.3 Å². The molecule has 0 atom stereocenters. The van der Waals surface area contributed by atoms with Crippen LogP contribution in [-0.2, 0) is 6.18 Å². The Morgan fingerprint density at radius 3 is 2.06 bits per heavy atom. The largest absolute Gasteiger partial charge is 0.419 e. The molecule has 0 spiro atoms. The highest BCUT2D eigenvalue weighted by molar-refractivity contribution is 5.31. The molecule has 0 saturated carbocycles. The highest BCUT2D eigenvalue weighted by Gasteiger charge is 2.31. The molecule has 4 nitrogen and oxygen atoms in total. The summed E-state index contributed by atoms with van der Waals surface area (Å²) in [7, 11) is 2.00. The minimum atomic E-state index is -4.37. The third-order valence-electron chi connectivity index (χ3n) is 2.75. The predicted octanol–water partition coefficient (Wildman–Crippen LogP) is 1.25. The molecule has 94 valence electrons. The molecule has 0 radical (unpaired) electrons. The van der Waals surface area contributed by atoms with Crippen LogP contribution >= 0.6 is 0 Å². The van der Waals surface area contributed by atoms with Crippen LogP contribution in [0, 0.1) is 0 Å². The maximum absolute atomic E-state index is 12.3. The molecule has 1 fully saturated rings. The van der Waals surface area contributed by atoms with Gasteiger partial charge in [-0.1, -0.05) is 0 Å². The van der Waals surface area contributed by atoms with Gasteiger partial charge in [0.2, 0.25) is 5.95 Å². The molecule has 1 saturated heterocycles. The van der Waals surface area contributed by atoms with Gasteiger partial charge >= 0.3 is 6.18 Å².